The molecule has 3 rings (SSSR count). The molecule has 1 N–H and O–H groups in total. The molecule has 26 heavy (non-hydrogen) atoms. The van der Waals surface area contributed by atoms with E-state index in [1.165, 1.54) is 6.42 Å². The smallest absolute Gasteiger partial charge is 0.325 e. The predicted molar refractivity (Wildman–Crippen MR) is 96.4 cm³/mol. The third-order valence-electron chi connectivity index (χ3n) is 4.64. The van der Waals surface area contributed by atoms with Gasteiger partial charge < -0.3 is 19.5 Å². The first-order valence-corrected chi connectivity index (χ1v) is 9.52. The number of rotatable bonds is 5. The summed E-state index contributed by atoms with van der Waals surface area (Å²) >= 11 is 6.22. The van der Waals surface area contributed by atoms with Crippen molar-refractivity contribution in [2.45, 2.75) is 45.1 Å². The van der Waals surface area contributed by atoms with E-state index in [2.05, 4.69) is 5.32 Å². The second-order valence-corrected chi connectivity index (χ2v) is 7.08. The van der Waals surface area contributed by atoms with Crippen LogP contribution in [0.3, 0.4) is 0 Å². The van der Waals surface area contributed by atoms with E-state index in [1.54, 1.807) is 12.1 Å². The summed E-state index contributed by atoms with van der Waals surface area (Å²) in [6.45, 7) is 1.06. The van der Waals surface area contributed by atoms with Crippen LogP contribution in [0.25, 0.3) is 0 Å². The molecule has 1 fully saturated rings. The van der Waals surface area contributed by atoms with Gasteiger partial charge in [0.05, 0.1) is 18.2 Å². The van der Waals surface area contributed by atoms with Crippen LogP contribution >= 0.6 is 11.6 Å². The van der Waals surface area contributed by atoms with Gasteiger partial charge in [-0.2, -0.15) is 0 Å². The highest BCUT2D eigenvalue weighted by Crippen LogP contribution is 2.38. The maximum atomic E-state index is 12.0. The number of carbonyl (C=O) groups excluding carboxylic acids is 2. The Morgan fingerprint density at radius 1 is 1.12 bits per heavy atom. The number of nitrogens with one attached hydrogen (secondary N) is 1. The topological polar surface area (TPSA) is 73.9 Å². The van der Waals surface area contributed by atoms with Crippen molar-refractivity contribution in [2.75, 3.05) is 19.8 Å². The molecule has 0 bridgehead atoms. The van der Waals surface area contributed by atoms with Crippen molar-refractivity contribution in [1.82, 2.24) is 5.32 Å². The van der Waals surface area contributed by atoms with Crippen LogP contribution in [-0.4, -0.2) is 31.6 Å². The summed E-state index contributed by atoms with van der Waals surface area (Å²) in [7, 11) is 0. The molecule has 1 heterocycles. The molecule has 1 saturated carbocycles. The van der Waals surface area contributed by atoms with Crippen molar-refractivity contribution in [2.24, 2.45) is 5.92 Å². The lowest BCUT2D eigenvalue weighted by atomic mass is 9.89. The Balaban J connectivity index is 1.47. The van der Waals surface area contributed by atoms with Crippen LogP contribution in [-0.2, 0) is 20.9 Å². The zero-order valence-electron chi connectivity index (χ0n) is 14.7. The summed E-state index contributed by atoms with van der Waals surface area (Å²) < 4.78 is 16.4. The van der Waals surface area contributed by atoms with E-state index in [1.807, 2.05) is 0 Å². The van der Waals surface area contributed by atoms with E-state index in [0.717, 1.165) is 32.1 Å². The van der Waals surface area contributed by atoms with Gasteiger partial charge in [0.15, 0.2) is 11.5 Å². The van der Waals surface area contributed by atoms with E-state index in [-0.39, 0.29) is 25.0 Å². The predicted octanol–water partition coefficient (Wildman–Crippen LogP) is 3.24. The standard InChI is InChI=1S/C19H24ClNO5/c20-15-9-13(10-16-18(15)25-8-4-7-24-16)12-26-17(22)11-21-19(23)14-5-2-1-3-6-14/h9-10,14H,1-8,11-12H2,(H,21,23). The highest BCUT2D eigenvalue weighted by atomic mass is 35.5. The Kier molecular flexibility index (Phi) is 6.61. The Labute approximate surface area is 158 Å². The minimum absolute atomic E-state index is 0.0251. The maximum Gasteiger partial charge on any atom is 0.325 e. The fourth-order valence-corrected chi connectivity index (χ4v) is 3.54. The Morgan fingerprint density at radius 3 is 2.69 bits per heavy atom. The molecule has 1 aliphatic heterocycles. The lowest BCUT2D eigenvalue weighted by Gasteiger charge is -2.20. The maximum absolute atomic E-state index is 12.0. The summed E-state index contributed by atoms with van der Waals surface area (Å²) in [4.78, 5) is 24.0. The Morgan fingerprint density at radius 2 is 1.88 bits per heavy atom. The first-order chi connectivity index (χ1) is 12.6. The van der Waals surface area contributed by atoms with Crippen LogP contribution in [0.2, 0.25) is 5.02 Å². The summed E-state index contributed by atoms with van der Waals surface area (Å²) in [6, 6.07) is 3.46. The van der Waals surface area contributed by atoms with Gasteiger partial charge in [-0.05, 0) is 30.5 Å². The molecule has 1 amide bonds. The number of benzene rings is 1. The van der Waals surface area contributed by atoms with Crippen molar-refractivity contribution in [3.05, 3.63) is 22.7 Å². The zero-order chi connectivity index (χ0) is 18.4. The van der Waals surface area contributed by atoms with Crippen LogP contribution in [0, 0.1) is 5.92 Å². The first kappa shape index (κ1) is 18.8. The summed E-state index contributed by atoms with van der Waals surface area (Å²) in [5.74, 6) is 0.584. The van der Waals surface area contributed by atoms with Crippen molar-refractivity contribution in [1.29, 1.82) is 0 Å². The highest BCUT2D eigenvalue weighted by Gasteiger charge is 2.21. The van der Waals surface area contributed by atoms with Crippen LogP contribution < -0.4 is 14.8 Å². The van der Waals surface area contributed by atoms with E-state index in [9.17, 15) is 9.59 Å². The molecule has 0 saturated heterocycles. The van der Waals surface area contributed by atoms with Gasteiger partial charge in [0, 0.05) is 12.3 Å². The van der Waals surface area contributed by atoms with Crippen LogP contribution in [0.4, 0.5) is 0 Å². The van der Waals surface area contributed by atoms with Gasteiger partial charge in [0.2, 0.25) is 5.91 Å². The minimum Gasteiger partial charge on any atom is -0.489 e. The lowest BCUT2D eigenvalue weighted by Crippen LogP contribution is -2.36. The Hall–Kier alpha value is -1.95. The van der Waals surface area contributed by atoms with Crippen LogP contribution in [0.15, 0.2) is 12.1 Å². The van der Waals surface area contributed by atoms with Gasteiger partial charge in [-0.15, -0.1) is 0 Å². The summed E-state index contributed by atoms with van der Waals surface area (Å²) in [6.07, 6.45) is 5.92. The zero-order valence-corrected chi connectivity index (χ0v) is 15.5. The molecule has 0 unspecified atom stereocenters. The number of hydrogen-bond acceptors (Lipinski definition) is 5. The number of carbonyl (C=O) groups is 2. The number of esters is 1. The van der Waals surface area contributed by atoms with E-state index in [0.29, 0.717) is 35.3 Å². The monoisotopic (exact) mass is 381 g/mol. The molecule has 6 nitrogen and oxygen atoms in total. The number of ether oxygens (including phenoxy) is 3. The van der Waals surface area contributed by atoms with E-state index < -0.39 is 5.97 Å². The molecular weight excluding hydrogens is 358 g/mol. The van der Waals surface area contributed by atoms with Gasteiger partial charge in [-0.3, -0.25) is 9.59 Å². The van der Waals surface area contributed by atoms with Gasteiger partial charge in [-0.25, -0.2) is 0 Å². The van der Waals surface area contributed by atoms with Crippen molar-refractivity contribution < 1.29 is 23.8 Å². The fourth-order valence-electron chi connectivity index (χ4n) is 3.25. The lowest BCUT2D eigenvalue weighted by molar-refractivity contribution is -0.145. The Bertz CT molecular complexity index is 658. The highest BCUT2D eigenvalue weighted by molar-refractivity contribution is 6.32. The second-order valence-electron chi connectivity index (χ2n) is 6.67. The van der Waals surface area contributed by atoms with E-state index >= 15 is 0 Å². The molecule has 1 aromatic rings. The average molecular weight is 382 g/mol. The minimum atomic E-state index is -0.475. The van der Waals surface area contributed by atoms with Gasteiger partial charge in [-0.1, -0.05) is 30.9 Å². The fraction of sp³-hybridized carbons (Fsp3) is 0.579. The molecule has 7 heteroatoms. The quantitative estimate of drug-likeness (QED) is 0.792. The van der Waals surface area contributed by atoms with Gasteiger partial charge in [0.25, 0.3) is 0 Å². The van der Waals surface area contributed by atoms with Crippen LogP contribution in [0.5, 0.6) is 11.5 Å². The number of halogens is 1. The van der Waals surface area contributed by atoms with Crippen molar-refractivity contribution >= 4 is 23.5 Å². The molecule has 142 valence electrons. The van der Waals surface area contributed by atoms with Gasteiger partial charge >= 0.3 is 5.97 Å². The SMILES string of the molecule is O=C(CNC(=O)C1CCCCC1)OCc1cc(Cl)c2c(c1)OCCCO2. The van der Waals surface area contributed by atoms with Crippen molar-refractivity contribution in [3.8, 4) is 11.5 Å². The number of amides is 1. The summed E-state index contributed by atoms with van der Waals surface area (Å²) in [5.41, 5.74) is 0.714. The van der Waals surface area contributed by atoms with Gasteiger partial charge in [0.1, 0.15) is 13.2 Å². The van der Waals surface area contributed by atoms with Crippen molar-refractivity contribution in [3.63, 3.8) is 0 Å². The second kappa shape index (κ2) is 9.12. The molecule has 0 aromatic heterocycles. The molecule has 2 aliphatic rings. The van der Waals surface area contributed by atoms with Crippen LogP contribution in [0.1, 0.15) is 44.1 Å². The molecular formula is C19H24ClNO5. The molecule has 0 spiro atoms. The molecule has 0 atom stereocenters. The normalized spacial score (nSPS) is 17.3. The molecule has 0 radical (unpaired) electrons. The average Bonchev–Trinajstić information content (AvgIpc) is 2.91. The third-order valence-corrected chi connectivity index (χ3v) is 4.93. The summed E-state index contributed by atoms with van der Waals surface area (Å²) in [5, 5.41) is 3.11. The first-order valence-electron chi connectivity index (χ1n) is 9.15. The molecule has 1 aliphatic carbocycles. The van der Waals surface area contributed by atoms with E-state index in [4.69, 9.17) is 25.8 Å². The largest absolute Gasteiger partial charge is 0.489 e. The molecule has 1 aromatic carbocycles. The number of fused-ring (bicyclic) bond motifs is 1. The third kappa shape index (κ3) is 5.04. The number of hydrogen-bond donors (Lipinski definition) is 1.